The highest BCUT2D eigenvalue weighted by molar-refractivity contribution is 5.46. The summed E-state index contributed by atoms with van der Waals surface area (Å²) in [5.41, 5.74) is 8.11. The predicted octanol–water partition coefficient (Wildman–Crippen LogP) is 7.07. The van der Waals surface area contributed by atoms with Crippen molar-refractivity contribution in [3.8, 4) is 0 Å². The van der Waals surface area contributed by atoms with Gasteiger partial charge < -0.3 is 0 Å². The van der Waals surface area contributed by atoms with E-state index < -0.39 is 0 Å². The lowest BCUT2D eigenvalue weighted by atomic mass is 9.75. The van der Waals surface area contributed by atoms with E-state index in [0.717, 1.165) is 11.8 Å². The lowest BCUT2D eigenvalue weighted by Crippen LogP contribution is -2.14. The first-order valence-corrected chi connectivity index (χ1v) is 9.71. The molecule has 0 bridgehead atoms. The van der Waals surface area contributed by atoms with Gasteiger partial charge in [0.1, 0.15) is 0 Å². The fraction of sp³-hybridized carbons (Fsp3) is 0.565. The highest BCUT2D eigenvalue weighted by Crippen LogP contribution is 2.40. The Morgan fingerprint density at radius 2 is 1.87 bits per heavy atom. The van der Waals surface area contributed by atoms with Gasteiger partial charge in [0.25, 0.3) is 0 Å². The van der Waals surface area contributed by atoms with Crippen LogP contribution in [-0.2, 0) is 0 Å². The van der Waals surface area contributed by atoms with Crippen molar-refractivity contribution in [2.45, 2.75) is 72.1 Å². The van der Waals surface area contributed by atoms with Crippen LogP contribution < -0.4 is 0 Å². The minimum Gasteiger partial charge on any atom is -0.0696 e. The first-order valence-electron chi connectivity index (χ1n) is 9.71. The molecule has 0 aromatic rings. The molecule has 124 valence electrons. The average molecular weight is 309 g/mol. The van der Waals surface area contributed by atoms with Crippen molar-refractivity contribution in [1.29, 1.82) is 0 Å². The van der Waals surface area contributed by atoms with Gasteiger partial charge in [0.05, 0.1) is 0 Å². The molecule has 0 fully saturated rings. The largest absolute Gasteiger partial charge is 0.0696 e. The zero-order chi connectivity index (χ0) is 16.2. The second-order valence-electron chi connectivity index (χ2n) is 7.59. The standard InChI is InChI=1S/C23H32/c1-4-6-18-7-8-23-16-22(14-13-21(23)15-18)20-11-9-19(10-12-20)17(3)5-2/h7-9,11,16-17,21H,4-6,10,12-15H2,1-3H3. The Morgan fingerprint density at radius 3 is 2.57 bits per heavy atom. The first kappa shape index (κ1) is 16.6. The Morgan fingerprint density at radius 1 is 1.00 bits per heavy atom. The normalized spacial score (nSPS) is 25.5. The minimum atomic E-state index is 0.751. The Bertz CT molecular complexity index is 592. The molecule has 0 amide bonds. The van der Waals surface area contributed by atoms with Crippen LogP contribution in [0.4, 0.5) is 0 Å². The van der Waals surface area contributed by atoms with E-state index in [4.69, 9.17) is 0 Å². The molecule has 0 nitrogen and oxygen atoms in total. The van der Waals surface area contributed by atoms with E-state index in [-0.39, 0.29) is 0 Å². The van der Waals surface area contributed by atoms with Crippen molar-refractivity contribution in [3.05, 3.63) is 58.2 Å². The molecule has 3 aliphatic carbocycles. The van der Waals surface area contributed by atoms with E-state index in [1.165, 1.54) is 51.4 Å². The molecule has 0 aromatic heterocycles. The van der Waals surface area contributed by atoms with Gasteiger partial charge in [-0.05, 0) is 73.5 Å². The molecule has 3 rings (SSSR count). The highest BCUT2D eigenvalue weighted by Gasteiger charge is 2.24. The molecule has 0 heteroatoms. The third kappa shape index (κ3) is 3.79. The average Bonchev–Trinajstić information content (AvgIpc) is 2.61. The van der Waals surface area contributed by atoms with Crippen molar-refractivity contribution < 1.29 is 0 Å². The molecule has 23 heavy (non-hydrogen) atoms. The van der Waals surface area contributed by atoms with E-state index >= 15 is 0 Å². The van der Waals surface area contributed by atoms with Gasteiger partial charge in [-0.2, -0.15) is 0 Å². The van der Waals surface area contributed by atoms with Crippen LogP contribution in [0.1, 0.15) is 72.1 Å². The van der Waals surface area contributed by atoms with E-state index in [9.17, 15) is 0 Å². The number of hydrogen-bond acceptors (Lipinski definition) is 0. The SMILES string of the molecule is CCCC1=CC=C2C=C(C3=CC=C(C(C)CC)CC3)CCC2C1. The number of allylic oxidation sites excluding steroid dienone is 10. The van der Waals surface area contributed by atoms with Crippen LogP contribution >= 0.6 is 0 Å². The summed E-state index contributed by atoms with van der Waals surface area (Å²) in [4.78, 5) is 0. The molecule has 0 spiro atoms. The highest BCUT2D eigenvalue weighted by atomic mass is 14.3. The van der Waals surface area contributed by atoms with Crippen LogP contribution in [0.5, 0.6) is 0 Å². The van der Waals surface area contributed by atoms with Gasteiger partial charge in [-0.1, -0.05) is 68.7 Å². The molecule has 0 aliphatic heterocycles. The first-order chi connectivity index (χ1) is 11.2. The quantitative estimate of drug-likeness (QED) is 0.509. The van der Waals surface area contributed by atoms with Crippen LogP contribution in [0.25, 0.3) is 0 Å². The molecule has 0 saturated carbocycles. The zero-order valence-corrected chi connectivity index (χ0v) is 15.2. The van der Waals surface area contributed by atoms with Gasteiger partial charge in [0.2, 0.25) is 0 Å². The van der Waals surface area contributed by atoms with Crippen LogP contribution in [0, 0.1) is 11.8 Å². The Balaban J connectivity index is 1.75. The van der Waals surface area contributed by atoms with Gasteiger partial charge >= 0.3 is 0 Å². The topological polar surface area (TPSA) is 0 Å². The van der Waals surface area contributed by atoms with E-state index in [1.807, 2.05) is 0 Å². The number of fused-ring (bicyclic) bond motifs is 1. The Kier molecular flexibility index (Phi) is 5.41. The van der Waals surface area contributed by atoms with Crippen LogP contribution in [-0.4, -0.2) is 0 Å². The van der Waals surface area contributed by atoms with E-state index in [0.29, 0.717) is 0 Å². The molecule has 0 aromatic carbocycles. The van der Waals surface area contributed by atoms with Crippen molar-refractivity contribution in [1.82, 2.24) is 0 Å². The smallest absolute Gasteiger partial charge is 0.0121 e. The summed E-state index contributed by atoms with van der Waals surface area (Å²) in [5.74, 6) is 1.54. The third-order valence-corrected chi connectivity index (χ3v) is 6.01. The second-order valence-corrected chi connectivity index (χ2v) is 7.59. The second kappa shape index (κ2) is 7.51. The summed E-state index contributed by atoms with van der Waals surface area (Å²) in [6, 6.07) is 0. The summed E-state index contributed by atoms with van der Waals surface area (Å²) in [7, 11) is 0. The summed E-state index contributed by atoms with van der Waals surface area (Å²) in [5, 5.41) is 0. The lowest BCUT2D eigenvalue weighted by molar-refractivity contribution is 0.529. The minimum absolute atomic E-state index is 0.751. The number of hydrogen-bond donors (Lipinski definition) is 0. The maximum Gasteiger partial charge on any atom is -0.0121 e. The van der Waals surface area contributed by atoms with Gasteiger partial charge in [-0.25, -0.2) is 0 Å². The molecule has 2 atom stereocenters. The lowest BCUT2D eigenvalue weighted by Gasteiger charge is -2.30. The van der Waals surface area contributed by atoms with Crippen LogP contribution in [0.2, 0.25) is 0 Å². The van der Waals surface area contributed by atoms with Crippen molar-refractivity contribution >= 4 is 0 Å². The van der Waals surface area contributed by atoms with E-state index in [1.54, 1.807) is 27.9 Å². The molecular weight excluding hydrogens is 276 g/mol. The Hall–Kier alpha value is -1.30. The summed E-state index contributed by atoms with van der Waals surface area (Å²) >= 11 is 0. The van der Waals surface area contributed by atoms with Crippen LogP contribution in [0.3, 0.4) is 0 Å². The van der Waals surface area contributed by atoms with Gasteiger partial charge in [-0.3, -0.25) is 0 Å². The van der Waals surface area contributed by atoms with E-state index in [2.05, 4.69) is 51.2 Å². The Labute approximate surface area is 142 Å². The fourth-order valence-electron chi connectivity index (χ4n) is 4.24. The molecule has 0 heterocycles. The summed E-state index contributed by atoms with van der Waals surface area (Å²) in [6.07, 6.45) is 22.4. The molecule has 3 aliphatic rings. The van der Waals surface area contributed by atoms with Gasteiger partial charge in [0.15, 0.2) is 0 Å². The molecule has 0 radical (unpaired) electrons. The zero-order valence-electron chi connectivity index (χ0n) is 15.2. The van der Waals surface area contributed by atoms with Gasteiger partial charge in [0, 0.05) is 0 Å². The third-order valence-electron chi connectivity index (χ3n) is 6.01. The number of rotatable bonds is 5. The molecule has 0 saturated heterocycles. The monoisotopic (exact) mass is 308 g/mol. The maximum absolute atomic E-state index is 2.52. The molecule has 2 unspecified atom stereocenters. The van der Waals surface area contributed by atoms with Crippen molar-refractivity contribution in [3.63, 3.8) is 0 Å². The molecular formula is C23H32. The fourth-order valence-corrected chi connectivity index (χ4v) is 4.24. The predicted molar refractivity (Wildman–Crippen MR) is 101 cm³/mol. The van der Waals surface area contributed by atoms with Crippen molar-refractivity contribution in [2.24, 2.45) is 11.8 Å². The molecule has 0 N–H and O–H groups in total. The summed E-state index contributed by atoms with van der Waals surface area (Å²) < 4.78 is 0. The van der Waals surface area contributed by atoms with Crippen molar-refractivity contribution in [2.75, 3.05) is 0 Å². The maximum atomic E-state index is 2.52. The van der Waals surface area contributed by atoms with Gasteiger partial charge in [-0.15, -0.1) is 0 Å². The summed E-state index contributed by atoms with van der Waals surface area (Å²) in [6.45, 7) is 6.95. The van der Waals surface area contributed by atoms with Crippen LogP contribution in [0.15, 0.2) is 58.2 Å².